The van der Waals surface area contributed by atoms with Crippen molar-refractivity contribution in [3.63, 3.8) is 0 Å². The molecule has 2 aliphatic rings. The Morgan fingerprint density at radius 3 is 3.00 bits per heavy atom. The zero-order valence-electron chi connectivity index (χ0n) is 14.8. The molecule has 1 saturated carbocycles. The highest BCUT2D eigenvalue weighted by atomic mass is 16.5. The van der Waals surface area contributed by atoms with E-state index in [4.69, 9.17) is 14.1 Å². The van der Waals surface area contributed by atoms with Gasteiger partial charge in [0.2, 0.25) is 0 Å². The van der Waals surface area contributed by atoms with Gasteiger partial charge < -0.3 is 19.8 Å². The Balaban J connectivity index is 1.51. The second-order valence-corrected chi connectivity index (χ2v) is 7.19. The first-order valence-corrected chi connectivity index (χ1v) is 9.48. The summed E-state index contributed by atoms with van der Waals surface area (Å²) in [5.41, 5.74) is 0. The van der Waals surface area contributed by atoms with Crippen LogP contribution in [0.1, 0.15) is 51.2 Å². The maximum atomic E-state index is 5.70. The van der Waals surface area contributed by atoms with Crippen molar-refractivity contribution in [3.05, 3.63) is 24.2 Å². The highest BCUT2D eigenvalue weighted by molar-refractivity contribution is 5.80. The van der Waals surface area contributed by atoms with Gasteiger partial charge in [0.1, 0.15) is 5.76 Å². The van der Waals surface area contributed by atoms with E-state index >= 15 is 0 Å². The topological polar surface area (TPSA) is 58.8 Å². The maximum absolute atomic E-state index is 5.70. The largest absolute Gasteiger partial charge is 0.469 e. The monoisotopic (exact) mass is 333 g/mol. The minimum absolute atomic E-state index is 0.291. The standard InChI is InChI=1S/C19H31N3O2/c1-15-5-2-6-16(13-15)22-19(21-14-18-8-4-12-24-18)20-10-9-17-7-3-11-23-17/h3,7,11,15-16,18H,2,4-6,8-10,12-14H2,1H3,(H2,20,21,22). The summed E-state index contributed by atoms with van der Waals surface area (Å²) in [6.07, 6.45) is 10.3. The molecule has 1 saturated heterocycles. The van der Waals surface area contributed by atoms with Crippen molar-refractivity contribution in [3.8, 4) is 0 Å². The van der Waals surface area contributed by atoms with Crippen molar-refractivity contribution < 1.29 is 9.15 Å². The average Bonchev–Trinajstić information content (AvgIpc) is 3.26. The van der Waals surface area contributed by atoms with Gasteiger partial charge in [0.05, 0.1) is 18.9 Å². The van der Waals surface area contributed by atoms with E-state index in [0.29, 0.717) is 12.1 Å². The summed E-state index contributed by atoms with van der Waals surface area (Å²) >= 11 is 0. The van der Waals surface area contributed by atoms with Crippen molar-refractivity contribution in [2.75, 3.05) is 19.7 Å². The lowest BCUT2D eigenvalue weighted by Gasteiger charge is -2.29. The molecule has 134 valence electrons. The summed E-state index contributed by atoms with van der Waals surface area (Å²) in [6.45, 7) is 4.81. The molecule has 5 nitrogen and oxygen atoms in total. The van der Waals surface area contributed by atoms with Crippen molar-refractivity contribution >= 4 is 5.96 Å². The number of hydrogen-bond donors (Lipinski definition) is 2. The summed E-state index contributed by atoms with van der Waals surface area (Å²) in [5.74, 6) is 2.74. The van der Waals surface area contributed by atoms with Crippen LogP contribution in [-0.4, -0.2) is 37.8 Å². The molecule has 3 rings (SSSR count). The molecule has 24 heavy (non-hydrogen) atoms. The Kier molecular flexibility index (Phi) is 6.58. The third kappa shape index (κ3) is 5.55. The molecule has 1 aromatic rings. The number of nitrogens with one attached hydrogen (secondary N) is 2. The van der Waals surface area contributed by atoms with E-state index < -0.39 is 0 Å². The zero-order valence-corrected chi connectivity index (χ0v) is 14.8. The molecule has 2 N–H and O–H groups in total. The van der Waals surface area contributed by atoms with E-state index in [1.54, 1.807) is 6.26 Å². The second kappa shape index (κ2) is 9.11. The van der Waals surface area contributed by atoms with Crippen molar-refractivity contribution in [2.45, 2.75) is 64.0 Å². The minimum atomic E-state index is 0.291. The molecule has 0 bridgehead atoms. The number of rotatable bonds is 6. The molecule has 2 heterocycles. The third-order valence-electron chi connectivity index (χ3n) is 5.00. The van der Waals surface area contributed by atoms with Gasteiger partial charge in [-0.15, -0.1) is 0 Å². The lowest BCUT2D eigenvalue weighted by atomic mass is 9.87. The van der Waals surface area contributed by atoms with Gasteiger partial charge in [-0.25, -0.2) is 0 Å². The Morgan fingerprint density at radius 2 is 2.25 bits per heavy atom. The molecule has 3 atom stereocenters. The first-order valence-electron chi connectivity index (χ1n) is 9.48. The number of guanidine groups is 1. The first kappa shape index (κ1) is 17.3. The van der Waals surface area contributed by atoms with Crippen LogP contribution in [0.5, 0.6) is 0 Å². The Labute approximate surface area is 145 Å². The van der Waals surface area contributed by atoms with Gasteiger partial charge in [-0.1, -0.05) is 19.8 Å². The SMILES string of the molecule is CC1CCCC(NC(=NCC2CCCO2)NCCc2ccco2)C1. The fourth-order valence-corrected chi connectivity index (χ4v) is 3.65. The summed E-state index contributed by atoms with van der Waals surface area (Å²) in [5, 5.41) is 7.11. The molecule has 1 aliphatic heterocycles. The van der Waals surface area contributed by atoms with Gasteiger partial charge in [-0.3, -0.25) is 4.99 Å². The van der Waals surface area contributed by atoms with E-state index in [9.17, 15) is 0 Å². The van der Waals surface area contributed by atoms with E-state index in [-0.39, 0.29) is 0 Å². The molecule has 2 fully saturated rings. The van der Waals surface area contributed by atoms with E-state index in [0.717, 1.165) is 56.6 Å². The molecule has 1 aliphatic carbocycles. The molecule has 5 heteroatoms. The van der Waals surface area contributed by atoms with Gasteiger partial charge in [0.15, 0.2) is 5.96 Å². The fourth-order valence-electron chi connectivity index (χ4n) is 3.65. The molecule has 1 aromatic heterocycles. The van der Waals surface area contributed by atoms with Crippen LogP contribution in [0.4, 0.5) is 0 Å². The highest BCUT2D eigenvalue weighted by Crippen LogP contribution is 2.23. The van der Waals surface area contributed by atoms with Crippen LogP contribution < -0.4 is 10.6 Å². The lowest BCUT2D eigenvalue weighted by Crippen LogP contribution is -2.46. The molecule has 0 spiro atoms. The van der Waals surface area contributed by atoms with Crippen molar-refractivity contribution in [1.82, 2.24) is 10.6 Å². The number of aliphatic imine (C=N–C) groups is 1. The van der Waals surface area contributed by atoms with Crippen molar-refractivity contribution in [1.29, 1.82) is 0 Å². The van der Waals surface area contributed by atoms with Gasteiger partial charge in [-0.2, -0.15) is 0 Å². The van der Waals surface area contributed by atoms with Crippen LogP contribution in [0, 0.1) is 5.92 Å². The quantitative estimate of drug-likeness (QED) is 0.620. The fraction of sp³-hybridized carbons (Fsp3) is 0.737. The smallest absolute Gasteiger partial charge is 0.191 e. The Hall–Kier alpha value is -1.49. The van der Waals surface area contributed by atoms with E-state index in [1.807, 2.05) is 12.1 Å². The van der Waals surface area contributed by atoms with Crippen molar-refractivity contribution in [2.24, 2.45) is 10.9 Å². The highest BCUT2D eigenvalue weighted by Gasteiger charge is 2.20. The first-order chi connectivity index (χ1) is 11.8. The lowest BCUT2D eigenvalue weighted by molar-refractivity contribution is 0.117. The van der Waals surface area contributed by atoms with E-state index in [2.05, 4.69) is 17.6 Å². The number of nitrogens with zero attached hydrogens (tertiary/aromatic N) is 1. The molecular formula is C19H31N3O2. The summed E-state index contributed by atoms with van der Waals surface area (Å²) in [4.78, 5) is 4.78. The third-order valence-corrected chi connectivity index (χ3v) is 5.00. The molecular weight excluding hydrogens is 302 g/mol. The van der Waals surface area contributed by atoms with Crippen LogP contribution in [0.25, 0.3) is 0 Å². The predicted molar refractivity (Wildman–Crippen MR) is 96.2 cm³/mol. The summed E-state index contributed by atoms with van der Waals surface area (Å²) in [6, 6.07) is 4.48. The van der Waals surface area contributed by atoms with Crippen LogP contribution in [-0.2, 0) is 11.2 Å². The number of furan rings is 1. The van der Waals surface area contributed by atoms with Gasteiger partial charge in [0, 0.05) is 25.6 Å². The minimum Gasteiger partial charge on any atom is -0.469 e. The van der Waals surface area contributed by atoms with Crippen LogP contribution in [0.2, 0.25) is 0 Å². The maximum Gasteiger partial charge on any atom is 0.191 e. The number of ether oxygens (including phenoxy) is 1. The molecule has 3 unspecified atom stereocenters. The van der Waals surface area contributed by atoms with Gasteiger partial charge >= 0.3 is 0 Å². The van der Waals surface area contributed by atoms with Crippen LogP contribution in [0.3, 0.4) is 0 Å². The van der Waals surface area contributed by atoms with Gasteiger partial charge in [-0.05, 0) is 43.7 Å². The second-order valence-electron chi connectivity index (χ2n) is 7.19. The number of hydrogen-bond acceptors (Lipinski definition) is 3. The van der Waals surface area contributed by atoms with Crippen LogP contribution >= 0.6 is 0 Å². The van der Waals surface area contributed by atoms with Crippen LogP contribution in [0.15, 0.2) is 27.8 Å². The Morgan fingerprint density at radius 1 is 1.29 bits per heavy atom. The Bertz CT molecular complexity index is 495. The molecule has 0 amide bonds. The van der Waals surface area contributed by atoms with Gasteiger partial charge in [0.25, 0.3) is 0 Å². The average molecular weight is 333 g/mol. The summed E-state index contributed by atoms with van der Waals surface area (Å²) in [7, 11) is 0. The molecule has 0 radical (unpaired) electrons. The van der Waals surface area contributed by atoms with E-state index in [1.165, 1.54) is 25.7 Å². The zero-order chi connectivity index (χ0) is 16.6. The predicted octanol–water partition coefficient (Wildman–Crippen LogP) is 3.12. The normalized spacial score (nSPS) is 28.0. The molecule has 0 aromatic carbocycles. The summed E-state index contributed by atoms with van der Waals surface area (Å²) < 4.78 is 11.1.